The number of nitrogens with zero attached hydrogens (tertiary/aromatic N) is 2. The molecule has 18 heavy (non-hydrogen) atoms. The normalized spacial score (nSPS) is 10.7. The lowest BCUT2D eigenvalue weighted by Gasteiger charge is -1.99. The van der Waals surface area contributed by atoms with Crippen LogP contribution in [0.3, 0.4) is 0 Å². The summed E-state index contributed by atoms with van der Waals surface area (Å²) in [4.78, 5) is 4.23. The summed E-state index contributed by atoms with van der Waals surface area (Å²) in [5.74, 6) is 0.829. The van der Waals surface area contributed by atoms with E-state index in [0.29, 0.717) is 11.4 Å². The molecular formula is C13H10N2O3. The minimum Gasteiger partial charge on any atom is -0.507 e. The molecule has 3 aromatic rings. The number of rotatable bonds is 2. The van der Waals surface area contributed by atoms with Crippen molar-refractivity contribution in [2.45, 2.75) is 6.92 Å². The standard InChI is InChI=1S/C13H10N2O3/c1-8-2-3-11(16)10(6-8)13-14-12(15-18-13)9-4-5-17-7-9/h2-7,16H,1H3. The third-order valence-corrected chi connectivity index (χ3v) is 2.59. The van der Waals surface area contributed by atoms with E-state index in [1.807, 2.05) is 13.0 Å². The van der Waals surface area contributed by atoms with Gasteiger partial charge in [0.05, 0.1) is 17.4 Å². The molecule has 5 nitrogen and oxygen atoms in total. The first-order valence-electron chi connectivity index (χ1n) is 5.40. The van der Waals surface area contributed by atoms with Crippen molar-refractivity contribution >= 4 is 0 Å². The first-order valence-corrected chi connectivity index (χ1v) is 5.40. The van der Waals surface area contributed by atoms with E-state index in [-0.39, 0.29) is 11.6 Å². The summed E-state index contributed by atoms with van der Waals surface area (Å²) in [6, 6.07) is 6.95. The van der Waals surface area contributed by atoms with Crippen LogP contribution in [-0.2, 0) is 0 Å². The van der Waals surface area contributed by atoms with E-state index in [2.05, 4.69) is 10.1 Å². The summed E-state index contributed by atoms with van der Waals surface area (Å²) in [7, 11) is 0. The third-order valence-electron chi connectivity index (χ3n) is 2.59. The monoisotopic (exact) mass is 242 g/mol. The van der Waals surface area contributed by atoms with E-state index in [9.17, 15) is 5.11 Å². The van der Waals surface area contributed by atoms with Crippen molar-refractivity contribution in [3.63, 3.8) is 0 Å². The lowest BCUT2D eigenvalue weighted by atomic mass is 10.1. The molecule has 90 valence electrons. The molecule has 0 radical (unpaired) electrons. The highest BCUT2D eigenvalue weighted by molar-refractivity contribution is 5.65. The van der Waals surface area contributed by atoms with Gasteiger partial charge in [-0.15, -0.1) is 0 Å². The number of phenolic OH excluding ortho intramolecular Hbond substituents is 1. The van der Waals surface area contributed by atoms with Gasteiger partial charge in [-0.25, -0.2) is 0 Å². The number of aryl methyl sites for hydroxylation is 1. The van der Waals surface area contributed by atoms with Gasteiger partial charge in [-0.3, -0.25) is 0 Å². The minimum absolute atomic E-state index is 0.114. The molecule has 5 heteroatoms. The zero-order valence-corrected chi connectivity index (χ0v) is 9.62. The predicted octanol–water partition coefficient (Wildman–Crippen LogP) is 3.01. The maximum Gasteiger partial charge on any atom is 0.262 e. The largest absolute Gasteiger partial charge is 0.507 e. The van der Waals surface area contributed by atoms with Crippen LogP contribution >= 0.6 is 0 Å². The number of aromatic hydroxyl groups is 1. The topological polar surface area (TPSA) is 72.3 Å². The van der Waals surface area contributed by atoms with E-state index >= 15 is 0 Å². The summed E-state index contributed by atoms with van der Waals surface area (Å²) in [6.07, 6.45) is 3.07. The molecule has 0 aliphatic heterocycles. The van der Waals surface area contributed by atoms with Gasteiger partial charge < -0.3 is 14.0 Å². The maximum atomic E-state index is 9.78. The van der Waals surface area contributed by atoms with Gasteiger partial charge in [0.25, 0.3) is 5.89 Å². The Balaban J connectivity index is 2.05. The molecule has 2 aromatic heterocycles. The molecule has 0 amide bonds. The molecule has 0 unspecified atom stereocenters. The van der Waals surface area contributed by atoms with Gasteiger partial charge in [0.2, 0.25) is 5.82 Å². The van der Waals surface area contributed by atoms with Crippen LogP contribution in [0.25, 0.3) is 22.8 Å². The van der Waals surface area contributed by atoms with E-state index in [4.69, 9.17) is 8.94 Å². The van der Waals surface area contributed by atoms with Gasteiger partial charge in [0, 0.05) is 0 Å². The smallest absolute Gasteiger partial charge is 0.262 e. The van der Waals surface area contributed by atoms with Gasteiger partial charge in [0.15, 0.2) is 0 Å². The fourth-order valence-corrected chi connectivity index (χ4v) is 1.66. The van der Waals surface area contributed by atoms with Crippen LogP contribution in [0.5, 0.6) is 5.75 Å². The lowest BCUT2D eigenvalue weighted by molar-refractivity contribution is 0.425. The van der Waals surface area contributed by atoms with Crippen LogP contribution in [0.15, 0.2) is 45.7 Å². The SMILES string of the molecule is Cc1ccc(O)c(-c2nc(-c3ccoc3)no2)c1. The number of benzene rings is 1. The van der Waals surface area contributed by atoms with Crippen molar-refractivity contribution < 1.29 is 14.0 Å². The van der Waals surface area contributed by atoms with Crippen LogP contribution in [0.2, 0.25) is 0 Å². The Morgan fingerprint density at radius 1 is 1.22 bits per heavy atom. The molecule has 0 saturated carbocycles. The second-order valence-corrected chi connectivity index (χ2v) is 3.96. The first kappa shape index (κ1) is 10.6. The minimum atomic E-state index is 0.114. The highest BCUT2D eigenvalue weighted by Crippen LogP contribution is 2.30. The predicted molar refractivity (Wildman–Crippen MR) is 63.8 cm³/mol. The maximum absolute atomic E-state index is 9.78. The fourth-order valence-electron chi connectivity index (χ4n) is 1.66. The van der Waals surface area contributed by atoms with Crippen molar-refractivity contribution in [3.05, 3.63) is 42.4 Å². The van der Waals surface area contributed by atoms with Gasteiger partial charge in [0.1, 0.15) is 12.0 Å². The molecule has 0 spiro atoms. The Labute approximate surface area is 103 Å². The number of hydrogen-bond donors (Lipinski definition) is 1. The summed E-state index contributed by atoms with van der Waals surface area (Å²) in [5.41, 5.74) is 2.26. The first-order chi connectivity index (χ1) is 8.74. The average Bonchev–Trinajstić information content (AvgIpc) is 3.00. The second kappa shape index (κ2) is 4.03. The van der Waals surface area contributed by atoms with Crippen molar-refractivity contribution in [2.24, 2.45) is 0 Å². The Bertz CT molecular complexity index is 671. The number of furan rings is 1. The molecule has 1 aromatic carbocycles. The Morgan fingerprint density at radius 2 is 2.11 bits per heavy atom. The summed E-state index contributed by atoms with van der Waals surface area (Å²) in [5, 5.41) is 13.6. The molecular weight excluding hydrogens is 232 g/mol. The molecule has 0 bridgehead atoms. The van der Waals surface area contributed by atoms with Crippen LogP contribution in [0.1, 0.15) is 5.56 Å². The fraction of sp³-hybridized carbons (Fsp3) is 0.0769. The van der Waals surface area contributed by atoms with E-state index in [0.717, 1.165) is 11.1 Å². The van der Waals surface area contributed by atoms with E-state index in [1.165, 1.54) is 12.5 Å². The summed E-state index contributed by atoms with van der Waals surface area (Å²) < 4.78 is 10.1. The van der Waals surface area contributed by atoms with Crippen molar-refractivity contribution in [1.82, 2.24) is 10.1 Å². The van der Waals surface area contributed by atoms with Gasteiger partial charge in [-0.2, -0.15) is 4.98 Å². The number of hydrogen-bond acceptors (Lipinski definition) is 5. The molecule has 0 aliphatic rings. The summed E-state index contributed by atoms with van der Waals surface area (Å²) in [6.45, 7) is 1.93. The van der Waals surface area contributed by atoms with Crippen molar-refractivity contribution in [3.8, 4) is 28.6 Å². The average molecular weight is 242 g/mol. The van der Waals surface area contributed by atoms with E-state index in [1.54, 1.807) is 18.2 Å². The van der Waals surface area contributed by atoms with Crippen LogP contribution in [0.4, 0.5) is 0 Å². The molecule has 3 rings (SSSR count). The summed E-state index contributed by atoms with van der Waals surface area (Å²) >= 11 is 0. The highest BCUT2D eigenvalue weighted by Gasteiger charge is 2.14. The van der Waals surface area contributed by atoms with Gasteiger partial charge >= 0.3 is 0 Å². The molecule has 1 N–H and O–H groups in total. The zero-order valence-electron chi connectivity index (χ0n) is 9.62. The van der Waals surface area contributed by atoms with Crippen molar-refractivity contribution in [2.75, 3.05) is 0 Å². The Kier molecular flexibility index (Phi) is 2.37. The lowest BCUT2D eigenvalue weighted by Crippen LogP contribution is -1.82. The molecule has 0 saturated heterocycles. The molecule has 0 fully saturated rings. The second-order valence-electron chi connectivity index (χ2n) is 3.96. The molecule has 0 aliphatic carbocycles. The number of aromatic nitrogens is 2. The number of phenols is 1. The molecule has 2 heterocycles. The van der Waals surface area contributed by atoms with Crippen molar-refractivity contribution in [1.29, 1.82) is 0 Å². The zero-order chi connectivity index (χ0) is 12.5. The molecule has 0 atom stereocenters. The van der Waals surface area contributed by atoms with Gasteiger partial charge in [-0.05, 0) is 25.1 Å². The van der Waals surface area contributed by atoms with Gasteiger partial charge in [-0.1, -0.05) is 16.8 Å². The Morgan fingerprint density at radius 3 is 2.89 bits per heavy atom. The third kappa shape index (κ3) is 1.75. The highest BCUT2D eigenvalue weighted by atomic mass is 16.5. The van der Waals surface area contributed by atoms with Crippen LogP contribution in [-0.4, -0.2) is 15.2 Å². The Hall–Kier alpha value is -2.56. The van der Waals surface area contributed by atoms with E-state index < -0.39 is 0 Å². The quantitative estimate of drug-likeness (QED) is 0.747. The van der Waals surface area contributed by atoms with Crippen LogP contribution < -0.4 is 0 Å². The van der Waals surface area contributed by atoms with Crippen LogP contribution in [0, 0.1) is 6.92 Å².